The standard InChI is InChI=1S/C23H22ClF6N3O3S/c1-12(22(25,26)27)36-13-2-3-17(15(24)8-13)37-14-9-16(18(34)32-20(11-31)4-5-20)33(10-14)19(35)21(6-7-21)23(28,29)30/h2-3,8,12,14,16H,4-7,9-10H2,1H3,(H,32,34)/t12?,14-,16+/m1/s1. The number of rotatable bonds is 7. The Morgan fingerprint density at radius 3 is 2.35 bits per heavy atom. The minimum Gasteiger partial charge on any atom is -0.481 e. The van der Waals surface area contributed by atoms with E-state index in [1.54, 1.807) is 0 Å². The van der Waals surface area contributed by atoms with Crippen LogP contribution in [0.15, 0.2) is 23.1 Å². The zero-order valence-corrected chi connectivity index (χ0v) is 21.0. The number of nitrogens with zero attached hydrogens (tertiary/aromatic N) is 2. The van der Waals surface area contributed by atoms with Crippen LogP contribution in [0.5, 0.6) is 5.75 Å². The summed E-state index contributed by atoms with van der Waals surface area (Å²) in [7, 11) is 0. The van der Waals surface area contributed by atoms with Crippen LogP contribution >= 0.6 is 23.4 Å². The highest BCUT2D eigenvalue weighted by molar-refractivity contribution is 8.00. The van der Waals surface area contributed by atoms with Crippen LogP contribution in [0.3, 0.4) is 0 Å². The van der Waals surface area contributed by atoms with E-state index < -0.39 is 52.5 Å². The van der Waals surface area contributed by atoms with Gasteiger partial charge in [0.2, 0.25) is 11.8 Å². The van der Waals surface area contributed by atoms with Crippen LogP contribution in [0, 0.1) is 16.7 Å². The van der Waals surface area contributed by atoms with Gasteiger partial charge in [0, 0.05) is 16.7 Å². The van der Waals surface area contributed by atoms with Gasteiger partial charge in [-0.2, -0.15) is 31.6 Å². The first kappa shape index (κ1) is 27.7. The lowest BCUT2D eigenvalue weighted by atomic mass is 10.0. The molecule has 1 N–H and O–H groups in total. The Balaban J connectivity index is 1.51. The summed E-state index contributed by atoms with van der Waals surface area (Å²) in [6.45, 7) is 0.677. The summed E-state index contributed by atoms with van der Waals surface area (Å²) in [4.78, 5) is 27.4. The Morgan fingerprint density at radius 2 is 1.86 bits per heavy atom. The molecule has 0 bridgehead atoms. The summed E-state index contributed by atoms with van der Waals surface area (Å²) in [6.07, 6.45) is -11.3. The minimum atomic E-state index is -4.76. The molecule has 3 atom stereocenters. The fourth-order valence-electron chi connectivity index (χ4n) is 4.18. The third kappa shape index (κ3) is 5.60. The average molecular weight is 570 g/mol. The maximum absolute atomic E-state index is 13.7. The van der Waals surface area contributed by atoms with E-state index >= 15 is 0 Å². The third-order valence-corrected chi connectivity index (χ3v) is 8.54. The summed E-state index contributed by atoms with van der Waals surface area (Å²) < 4.78 is 84.2. The maximum Gasteiger partial charge on any atom is 0.425 e. The molecule has 202 valence electrons. The first-order chi connectivity index (χ1) is 17.1. The molecule has 1 unspecified atom stereocenters. The Labute approximate surface area is 217 Å². The van der Waals surface area contributed by atoms with Gasteiger partial charge in [0.1, 0.15) is 22.7 Å². The quantitative estimate of drug-likeness (QED) is 0.454. The van der Waals surface area contributed by atoms with Crippen LogP contribution < -0.4 is 10.1 Å². The highest BCUT2D eigenvalue weighted by atomic mass is 35.5. The SMILES string of the molecule is CC(Oc1ccc(S[C@@H]2C[C@@H](C(=O)NC3(C#N)CC3)N(C(=O)C3(C(F)(F)F)CC3)C2)c(Cl)c1)C(F)(F)F. The molecule has 0 radical (unpaired) electrons. The van der Waals surface area contributed by atoms with Crippen molar-refractivity contribution in [2.24, 2.45) is 5.41 Å². The van der Waals surface area contributed by atoms with Gasteiger partial charge in [-0.3, -0.25) is 9.59 Å². The van der Waals surface area contributed by atoms with Crippen molar-refractivity contribution < 1.29 is 40.7 Å². The molecule has 0 aromatic heterocycles. The molecular weight excluding hydrogens is 548 g/mol. The molecule has 4 rings (SSSR count). The number of benzene rings is 1. The summed E-state index contributed by atoms with van der Waals surface area (Å²) >= 11 is 7.33. The van der Waals surface area contributed by atoms with Gasteiger partial charge in [-0.05, 0) is 57.2 Å². The Kier molecular flexibility index (Phi) is 7.07. The molecule has 14 heteroatoms. The highest BCUT2D eigenvalue weighted by Crippen LogP contribution is 2.59. The molecule has 2 aliphatic carbocycles. The number of halogens is 7. The summed E-state index contributed by atoms with van der Waals surface area (Å²) in [5.74, 6) is -1.97. The van der Waals surface area contributed by atoms with Crippen LogP contribution in [0.25, 0.3) is 0 Å². The zero-order valence-electron chi connectivity index (χ0n) is 19.4. The molecule has 1 aliphatic heterocycles. The normalized spacial score (nSPS) is 24.7. The monoisotopic (exact) mass is 569 g/mol. The molecule has 2 amide bonds. The van der Waals surface area contributed by atoms with Crippen LogP contribution in [-0.4, -0.2) is 58.5 Å². The van der Waals surface area contributed by atoms with E-state index in [0.717, 1.165) is 23.6 Å². The van der Waals surface area contributed by atoms with Crippen LogP contribution in [0.4, 0.5) is 26.3 Å². The van der Waals surface area contributed by atoms with Crippen molar-refractivity contribution in [3.63, 3.8) is 0 Å². The second kappa shape index (κ2) is 9.45. The van der Waals surface area contributed by atoms with Gasteiger partial charge < -0.3 is 15.0 Å². The second-order valence-corrected chi connectivity index (χ2v) is 11.4. The van der Waals surface area contributed by atoms with Crippen molar-refractivity contribution in [3.05, 3.63) is 23.2 Å². The van der Waals surface area contributed by atoms with Crippen molar-refractivity contribution in [3.8, 4) is 11.8 Å². The molecule has 1 saturated heterocycles. The molecule has 3 aliphatic rings. The molecule has 6 nitrogen and oxygen atoms in total. The lowest BCUT2D eigenvalue weighted by molar-refractivity contribution is -0.199. The average Bonchev–Trinajstić information content (AvgIpc) is 3.71. The van der Waals surface area contributed by atoms with Crippen molar-refractivity contribution in [2.75, 3.05) is 6.54 Å². The lowest BCUT2D eigenvalue weighted by Crippen LogP contribution is -2.53. The Hall–Kier alpha value is -2.33. The number of hydrogen-bond donors (Lipinski definition) is 1. The number of amides is 2. The number of alkyl halides is 6. The van der Waals surface area contributed by atoms with Gasteiger partial charge in [-0.1, -0.05) is 11.6 Å². The van der Waals surface area contributed by atoms with E-state index in [1.807, 2.05) is 6.07 Å². The number of nitrogens with one attached hydrogen (secondary N) is 1. The molecule has 1 aromatic rings. The van der Waals surface area contributed by atoms with E-state index in [4.69, 9.17) is 16.3 Å². The van der Waals surface area contributed by atoms with Gasteiger partial charge >= 0.3 is 12.4 Å². The van der Waals surface area contributed by atoms with Crippen LogP contribution in [0.2, 0.25) is 5.02 Å². The predicted molar refractivity (Wildman–Crippen MR) is 121 cm³/mol. The van der Waals surface area contributed by atoms with Crippen molar-refractivity contribution in [2.45, 2.75) is 79.2 Å². The molecule has 1 aromatic carbocycles. The molecular formula is C23H22ClF6N3O3S. The van der Waals surface area contributed by atoms with E-state index in [0.29, 0.717) is 17.7 Å². The van der Waals surface area contributed by atoms with Gasteiger partial charge in [-0.15, -0.1) is 11.8 Å². The fraction of sp³-hybridized carbons (Fsp3) is 0.609. The molecule has 0 spiro atoms. The van der Waals surface area contributed by atoms with Gasteiger partial charge in [0.05, 0.1) is 11.1 Å². The topological polar surface area (TPSA) is 82.4 Å². The van der Waals surface area contributed by atoms with E-state index in [2.05, 4.69) is 5.32 Å². The van der Waals surface area contributed by atoms with E-state index in [1.165, 1.54) is 18.2 Å². The smallest absolute Gasteiger partial charge is 0.425 e. The largest absolute Gasteiger partial charge is 0.481 e. The lowest BCUT2D eigenvalue weighted by Gasteiger charge is -2.29. The zero-order chi connectivity index (χ0) is 27.4. The molecule has 2 saturated carbocycles. The summed E-state index contributed by atoms with van der Waals surface area (Å²) in [6, 6.07) is 4.67. The first-order valence-electron chi connectivity index (χ1n) is 11.4. The minimum absolute atomic E-state index is 0.0113. The van der Waals surface area contributed by atoms with Crippen molar-refractivity contribution >= 4 is 35.2 Å². The van der Waals surface area contributed by atoms with E-state index in [9.17, 15) is 41.2 Å². The number of likely N-dealkylation sites (tertiary alicyclic amines) is 1. The number of carbonyl (C=O) groups excluding carboxylic acids is 2. The molecule has 3 fully saturated rings. The first-order valence-corrected chi connectivity index (χ1v) is 12.7. The van der Waals surface area contributed by atoms with Gasteiger partial charge in [0.15, 0.2) is 6.10 Å². The molecule has 37 heavy (non-hydrogen) atoms. The number of hydrogen-bond acceptors (Lipinski definition) is 5. The van der Waals surface area contributed by atoms with Gasteiger partial charge in [-0.25, -0.2) is 0 Å². The number of thioether (sulfide) groups is 1. The second-order valence-electron chi connectivity index (χ2n) is 9.61. The molecule has 1 heterocycles. The Bertz CT molecular complexity index is 1130. The summed E-state index contributed by atoms with van der Waals surface area (Å²) in [5.41, 5.74) is -3.57. The van der Waals surface area contributed by atoms with Crippen LogP contribution in [0.1, 0.15) is 39.0 Å². The Morgan fingerprint density at radius 1 is 1.22 bits per heavy atom. The highest BCUT2D eigenvalue weighted by Gasteiger charge is 2.70. The van der Waals surface area contributed by atoms with E-state index in [-0.39, 0.29) is 36.6 Å². The predicted octanol–water partition coefficient (Wildman–Crippen LogP) is 5.25. The third-order valence-electron chi connectivity index (χ3n) is 6.83. The number of carbonyl (C=O) groups is 2. The maximum atomic E-state index is 13.7. The summed E-state index contributed by atoms with van der Waals surface area (Å²) in [5, 5.41) is 11.4. The van der Waals surface area contributed by atoms with Crippen molar-refractivity contribution in [1.29, 1.82) is 5.26 Å². The fourth-order valence-corrected chi connectivity index (χ4v) is 5.68. The van der Waals surface area contributed by atoms with Gasteiger partial charge in [0.25, 0.3) is 0 Å². The van der Waals surface area contributed by atoms with Crippen molar-refractivity contribution in [1.82, 2.24) is 10.2 Å². The number of ether oxygens (including phenoxy) is 1. The van der Waals surface area contributed by atoms with Crippen LogP contribution in [-0.2, 0) is 9.59 Å². The number of nitriles is 1.